The van der Waals surface area contributed by atoms with Crippen molar-refractivity contribution >= 4 is 28.8 Å². The molecule has 0 saturated heterocycles. The Morgan fingerprint density at radius 1 is 1.08 bits per heavy atom. The molecule has 1 aromatic heterocycles. The molecule has 0 aliphatic heterocycles. The van der Waals surface area contributed by atoms with Gasteiger partial charge in [-0.25, -0.2) is 0 Å². The molecule has 126 valence electrons. The molecule has 4 nitrogen and oxygen atoms in total. The minimum absolute atomic E-state index is 0.00599. The summed E-state index contributed by atoms with van der Waals surface area (Å²) in [6.07, 6.45) is 4.47. The standard InChI is InChI=1S/C19H22N2O2S/c1-14-6-8-15(9-7-14)21-18(23)17(22)20-13-19(10-2-3-11-19)16-5-4-12-24-16/h4-9,12H,2-3,10-11,13H2,1H3,(H,20,22)(H,21,23). The Balaban J connectivity index is 1.59. The molecule has 5 heteroatoms. The fourth-order valence-corrected chi connectivity index (χ4v) is 4.28. The first kappa shape index (κ1) is 16.7. The van der Waals surface area contributed by atoms with Crippen molar-refractivity contribution in [3.05, 3.63) is 52.2 Å². The first-order valence-corrected chi connectivity index (χ1v) is 9.17. The van der Waals surface area contributed by atoms with E-state index in [0.29, 0.717) is 12.2 Å². The molecule has 1 saturated carbocycles. The van der Waals surface area contributed by atoms with E-state index < -0.39 is 11.8 Å². The van der Waals surface area contributed by atoms with Crippen molar-refractivity contribution in [3.8, 4) is 0 Å². The normalized spacial score (nSPS) is 15.9. The predicted molar refractivity (Wildman–Crippen MR) is 97.3 cm³/mol. The van der Waals surface area contributed by atoms with Gasteiger partial charge in [-0.05, 0) is 43.3 Å². The molecule has 3 rings (SSSR count). The van der Waals surface area contributed by atoms with Crippen molar-refractivity contribution in [3.63, 3.8) is 0 Å². The highest BCUT2D eigenvalue weighted by molar-refractivity contribution is 7.10. The molecule has 1 heterocycles. The Morgan fingerprint density at radius 2 is 1.79 bits per heavy atom. The van der Waals surface area contributed by atoms with E-state index in [2.05, 4.69) is 22.1 Å². The van der Waals surface area contributed by atoms with Gasteiger partial charge in [0.1, 0.15) is 0 Å². The number of hydrogen-bond donors (Lipinski definition) is 2. The van der Waals surface area contributed by atoms with Crippen molar-refractivity contribution in [2.75, 3.05) is 11.9 Å². The summed E-state index contributed by atoms with van der Waals surface area (Å²) in [5.41, 5.74) is 1.74. The van der Waals surface area contributed by atoms with Crippen molar-refractivity contribution in [1.29, 1.82) is 0 Å². The van der Waals surface area contributed by atoms with Crippen molar-refractivity contribution in [2.24, 2.45) is 0 Å². The van der Waals surface area contributed by atoms with Gasteiger partial charge in [0.15, 0.2) is 0 Å². The monoisotopic (exact) mass is 342 g/mol. The SMILES string of the molecule is Cc1ccc(NC(=O)C(=O)NCC2(c3cccs3)CCCC2)cc1. The smallest absolute Gasteiger partial charge is 0.313 e. The number of carbonyl (C=O) groups is 2. The van der Waals surface area contributed by atoms with Crippen LogP contribution >= 0.6 is 11.3 Å². The van der Waals surface area contributed by atoms with Gasteiger partial charge < -0.3 is 10.6 Å². The van der Waals surface area contributed by atoms with Gasteiger partial charge in [-0.15, -0.1) is 11.3 Å². The number of benzene rings is 1. The molecule has 2 aromatic rings. The van der Waals surface area contributed by atoms with Crippen molar-refractivity contribution in [2.45, 2.75) is 38.0 Å². The van der Waals surface area contributed by atoms with Crippen LogP contribution in [0.5, 0.6) is 0 Å². The maximum Gasteiger partial charge on any atom is 0.313 e. The third-order valence-corrected chi connectivity index (χ3v) is 5.82. The number of aryl methyl sites for hydroxylation is 1. The van der Waals surface area contributed by atoms with Gasteiger partial charge >= 0.3 is 11.8 Å². The van der Waals surface area contributed by atoms with Crippen molar-refractivity contribution in [1.82, 2.24) is 5.32 Å². The number of nitrogens with one attached hydrogen (secondary N) is 2. The zero-order chi connectivity index (χ0) is 17.0. The van der Waals surface area contributed by atoms with E-state index in [4.69, 9.17) is 0 Å². The molecular formula is C19H22N2O2S. The van der Waals surface area contributed by atoms with Gasteiger partial charge in [-0.2, -0.15) is 0 Å². The summed E-state index contributed by atoms with van der Waals surface area (Å²) in [6.45, 7) is 2.50. The fraction of sp³-hybridized carbons (Fsp3) is 0.368. The van der Waals surface area contributed by atoms with E-state index >= 15 is 0 Å². The van der Waals surface area contributed by atoms with Gasteiger partial charge in [0.2, 0.25) is 0 Å². The third kappa shape index (κ3) is 3.67. The second kappa shape index (κ2) is 7.18. The minimum atomic E-state index is -0.613. The molecule has 1 aliphatic carbocycles. The number of thiophene rings is 1. The number of rotatable bonds is 4. The summed E-state index contributed by atoms with van der Waals surface area (Å²) >= 11 is 1.73. The highest BCUT2D eigenvalue weighted by Crippen LogP contribution is 2.42. The van der Waals surface area contributed by atoms with Gasteiger partial charge in [0, 0.05) is 22.5 Å². The first-order chi connectivity index (χ1) is 11.6. The Labute approximate surface area is 146 Å². The van der Waals surface area contributed by atoms with Crippen LogP contribution in [-0.4, -0.2) is 18.4 Å². The highest BCUT2D eigenvalue weighted by Gasteiger charge is 2.37. The zero-order valence-electron chi connectivity index (χ0n) is 13.8. The van der Waals surface area contributed by atoms with E-state index in [1.54, 1.807) is 23.5 Å². The van der Waals surface area contributed by atoms with Gasteiger partial charge in [0.25, 0.3) is 0 Å². The molecule has 2 N–H and O–H groups in total. The van der Waals surface area contributed by atoms with E-state index in [1.807, 2.05) is 25.1 Å². The van der Waals surface area contributed by atoms with E-state index in [-0.39, 0.29) is 5.41 Å². The maximum atomic E-state index is 12.2. The highest BCUT2D eigenvalue weighted by atomic mass is 32.1. The lowest BCUT2D eigenvalue weighted by Gasteiger charge is -2.28. The van der Waals surface area contributed by atoms with Crippen LogP contribution in [0.25, 0.3) is 0 Å². The van der Waals surface area contributed by atoms with Crippen LogP contribution in [0.2, 0.25) is 0 Å². The minimum Gasteiger partial charge on any atom is -0.347 e. The number of carbonyl (C=O) groups excluding carboxylic acids is 2. The van der Waals surface area contributed by atoms with Crippen LogP contribution in [-0.2, 0) is 15.0 Å². The van der Waals surface area contributed by atoms with E-state index in [1.165, 1.54) is 17.7 Å². The summed E-state index contributed by atoms with van der Waals surface area (Å²) in [5.74, 6) is -1.18. The summed E-state index contributed by atoms with van der Waals surface area (Å²) < 4.78 is 0. The molecule has 1 aromatic carbocycles. The van der Waals surface area contributed by atoms with Crippen LogP contribution in [0.15, 0.2) is 41.8 Å². The molecule has 0 unspecified atom stereocenters. The van der Waals surface area contributed by atoms with Crippen LogP contribution in [0.4, 0.5) is 5.69 Å². The lowest BCUT2D eigenvalue weighted by molar-refractivity contribution is -0.136. The molecule has 0 spiro atoms. The molecule has 24 heavy (non-hydrogen) atoms. The average Bonchev–Trinajstić information content (AvgIpc) is 3.26. The lowest BCUT2D eigenvalue weighted by atomic mass is 9.84. The third-order valence-electron chi connectivity index (χ3n) is 4.71. The lowest BCUT2D eigenvalue weighted by Crippen LogP contribution is -2.43. The van der Waals surface area contributed by atoms with Crippen LogP contribution < -0.4 is 10.6 Å². The molecule has 0 atom stereocenters. The van der Waals surface area contributed by atoms with Crippen LogP contribution in [0.1, 0.15) is 36.1 Å². The Hall–Kier alpha value is -2.14. The fourth-order valence-electron chi connectivity index (χ4n) is 3.30. The van der Waals surface area contributed by atoms with Gasteiger partial charge in [-0.1, -0.05) is 36.6 Å². The molecule has 0 radical (unpaired) electrons. The van der Waals surface area contributed by atoms with Gasteiger partial charge in [0.05, 0.1) is 0 Å². The number of amides is 2. The molecule has 1 fully saturated rings. The first-order valence-electron chi connectivity index (χ1n) is 8.29. The summed E-state index contributed by atoms with van der Waals surface area (Å²) in [7, 11) is 0. The zero-order valence-corrected chi connectivity index (χ0v) is 14.6. The average molecular weight is 342 g/mol. The molecule has 1 aliphatic rings. The Morgan fingerprint density at radius 3 is 2.42 bits per heavy atom. The number of hydrogen-bond acceptors (Lipinski definition) is 3. The van der Waals surface area contributed by atoms with Gasteiger partial charge in [-0.3, -0.25) is 9.59 Å². The quantitative estimate of drug-likeness (QED) is 0.834. The molecule has 0 bridgehead atoms. The largest absolute Gasteiger partial charge is 0.347 e. The van der Waals surface area contributed by atoms with Crippen LogP contribution in [0, 0.1) is 6.92 Å². The topological polar surface area (TPSA) is 58.2 Å². The van der Waals surface area contributed by atoms with E-state index in [0.717, 1.165) is 18.4 Å². The summed E-state index contributed by atoms with van der Waals surface area (Å²) in [4.78, 5) is 25.5. The van der Waals surface area contributed by atoms with Crippen LogP contribution in [0.3, 0.4) is 0 Å². The second-order valence-corrected chi connectivity index (χ2v) is 7.42. The Kier molecular flexibility index (Phi) is 5.00. The molecule has 2 amide bonds. The van der Waals surface area contributed by atoms with Crippen molar-refractivity contribution < 1.29 is 9.59 Å². The molecular weight excluding hydrogens is 320 g/mol. The summed E-state index contributed by atoms with van der Waals surface area (Å²) in [6, 6.07) is 11.6. The Bertz CT molecular complexity index is 701. The maximum absolute atomic E-state index is 12.2. The number of anilines is 1. The van der Waals surface area contributed by atoms with E-state index in [9.17, 15) is 9.59 Å². The predicted octanol–water partition coefficient (Wildman–Crippen LogP) is 3.62. The second-order valence-electron chi connectivity index (χ2n) is 6.47. The summed E-state index contributed by atoms with van der Waals surface area (Å²) in [5, 5.41) is 7.55.